The van der Waals surface area contributed by atoms with Gasteiger partial charge in [0.05, 0.1) is 0 Å². The Kier molecular flexibility index (Phi) is 1.80. The fraction of sp³-hybridized carbons (Fsp3) is 0.333. The standard InChI is InChI=1S/C6H7NO4/c1-3-2-4(10-5(3)8)11-6(7)9/h2,4H,1H3,(H2,7,9). The van der Waals surface area contributed by atoms with E-state index in [9.17, 15) is 9.59 Å². The van der Waals surface area contributed by atoms with E-state index >= 15 is 0 Å². The minimum Gasteiger partial charge on any atom is -0.418 e. The van der Waals surface area contributed by atoms with Crippen LogP contribution in [-0.4, -0.2) is 18.4 Å². The Bertz CT molecular complexity index is 233. The van der Waals surface area contributed by atoms with E-state index in [1.807, 2.05) is 0 Å². The Morgan fingerprint density at radius 3 is 2.82 bits per heavy atom. The molecule has 0 aromatic rings. The van der Waals surface area contributed by atoms with Gasteiger partial charge in [-0.3, -0.25) is 0 Å². The minimum atomic E-state index is -0.964. The van der Waals surface area contributed by atoms with E-state index in [-0.39, 0.29) is 0 Å². The Balaban J connectivity index is 2.54. The van der Waals surface area contributed by atoms with Gasteiger partial charge in [-0.05, 0) is 6.92 Å². The summed E-state index contributed by atoms with van der Waals surface area (Å²) in [7, 11) is 0. The van der Waals surface area contributed by atoms with Gasteiger partial charge < -0.3 is 15.2 Å². The lowest BCUT2D eigenvalue weighted by Crippen LogP contribution is -2.22. The van der Waals surface area contributed by atoms with Gasteiger partial charge in [-0.1, -0.05) is 0 Å². The van der Waals surface area contributed by atoms with Crippen LogP contribution in [0.1, 0.15) is 6.92 Å². The van der Waals surface area contributed by atoms with Crippen LogP contribution in [0.15, 0.2) is 11.6 Å². The van der Waals surface area contributed by atoms with Gasteiger partial charge >= 0.3 is 12.1 Å². The van der Waals surface area contributed by atoms with Crippen molar-refractivity contribution >= 4 is 12.1 Å². The lowest BCUT2D eigenvalue weighted by atomic mass is 10.3. The van der Waals surface area contributed by atoms with Crippen molar-refractivity contribution in [3.05, 3.63) is 11.6 Å². The molecule has 2 N–H and O–H groups in total. The van der Waals surface area contributed by atoms with Crippen LogP contribution < -0.4 is 5.73 Å². The molecule has 5 heteroatoms. The maximum absolute atomic E-state index is 10.6. The van der Waals surface area contributed by atoms with Crippen molar-refractivity contribution in [1.82, 2.24) is 0 Å². The van der Waals surface area contributed by atoms with E-state index in [0.29, 0.717) is 5.57 Å². The summed E-state index contributed by atoms with van der Waals surface area (Å²) >= 11 is 0. The number of hydrogen-bond donors (Lipinski definition) is 1. The molecule has 5 nitrogen and oxygen atoms in total. The second-order valence-electron chi connectivity index (χ2n) is 2.06. The average Bonchev–Trinajstić information content (AvgIpc) is 2.10. The quantitative estimate of drug-likeness (QED) is 0.539. The molecule has 1 unspecified atom stereocenters. The molecule has 0 aliphatic carbocycles. The molecule has 1 amide bonds. The first-order chi connectivity index (χ1) is 5.09. The zero-order valence-electron chi connectivity index (χ0n) is 5.87. The van der Waals surface area contributed by atoms with Gasteiger partial charge in [0.2, 0.25) is 0 Å². The molecule has 0 aromatic carbocycles. The first-order valence-corrected chi connectivity index (χ1v) is 2.95. The fourth-order valence-electron chi connectivity index (χ4n) is 0.677. The van der Waals surface area contributed by atoms with Crippen LogP contribution in [0.2, 0.25) is 0 Å². The van der Waals surface area contributed by atoms with Gasteiger partial charge in [0.15, 0.2) is 0 Å². The number of nitrogens with two attached hydrogens (primary N) is 1. The normalized spacial score (nSPS) is 22.5. The molecule has 1 rings (SSSR count). The summed E-state index contributed by atoms with van der Waals surface area (Å²) in [4.78, 5) is 20.8. The highest BCUT2D eigenvalue weighted by Crippen LogP contribution is 2.13. The summed E-state index contributed by atoms with van der Waals surface area (Å²) in [6, 6.07) is 0. The fourth-order valence-corrected chi connectivity index (χ4v) is 0.677. The maximum Gasteiger partial charge on any atom is 0.407 e. The van der Waals surface area contributed by atoms with E-state index in [1.54, 1.807) is 6.92 Å². The van der Waals surface area contributed by atoms with Gasteiger partial charge in [-0.2, -0.15) is 0 Å². The van der Waals surface area contributed by atoms with Crippen molar-refractivity contribution in [2.24, 2.45) is 5.73 Å². The molecule has 11 heavy (non-hydrogen) atoms. The molecule has 1 atom stereocenters. The van der Waals surface area contributed by atoms with Crippen molar-refractivity contribution in [3.63, 3.8) is 0 Å². The van der Waals surface area contributed by atoms with Crippen LogP contribution >= 0.6 is 0 Å². The third-order valence-electron chi connectivity index (χ3n) is 1.16. The molecule has 0 aromatic heterocycles. The first-order valence-electron chi connectivity index (χ1n) is 2.95. The molecule has 0 saturated heterocycles. The minimum absolute atomic E-state index is 0.413. The van der Waals surface area contributed by atoms with Crippen molar-refractivity contribution in [1.29, 1.82) is 0 Å². The SMILES string of the molecule is CC1=CC(OC(N)=O)OC1=O. The van der Waals surface area contributed by atoms with Gasteiger partial charge in [0, 0.05) is 11.6 Å². The summed E-state index contributed by atoms with van der Waals surface area (Å²) in [5.41, 5.74) is 5.09. The Hall–Kier alpha value is -1.52. The van der Waals surface area contributed by atoms with Crippen LogP contribution in [0.25, 0.3) is 0 Å². The Labute approximate surface area is 62.8 Å². The highest BCUT2D eigenvalue weighted by Gasteiger charge is 2.24. The predicted molar refractivity (Wildman–Crippen MR) is 34.3 cm³/mol. The van der Waals surface area contributed by atoms with Crippen molar-refractivity contribution < 1.29 is 19.1 Å². The Morgan fingerprint density at radius 1 is 1.82 bits per heavy atom. The molecule has 1 aliphatic rings. The summed E-state index contributed by atoms with van der Waals surface area (Å²) in [5.74, 6) is -0.490. The van der Waals surface area contributed by atoms with Crippen LogP contribution in [-0.2, 0) is 14.3 Å². The third kappa shape index (κ3) is 1.70. The molecule has 60 valence electrons. The number of esters is 1. The predicted octanol–water partition coefficient (Wildman–Crippen LogP) is -0.0891. The van der Waals surface area contributed by atoms with E-state index in [2.05, 4.69) is 15.2 Å². The van der Waals surface area contributed by atoms with Crippen LogP contribution in [0.5, 0.6) is 0 Å². The lowest BCUT2D eigenvalue weighted by Gasteiger charge is -2.05. The molecule has 0 radical (unpaired) electrons. The first kappa shape index (κ1) is 7.59. The zero-order valence-corrected chi connectivity index (χ0v) is 5.87. The van der Waals surface area contributed by atoms with Gasteiger partial charge in [0.25, 0.3) is 6.29 Å². The van der Waals surface area contributed by atoms with E-state index in [1.165, 1.54) is 6.08 Å². The molecule has 0 bridgehead atoms. The molecular weight excluding hydrogens is 150 g/mol. The largest absolute Gasteiger partial charge is 0.418 e. The number of primary amides is 1. The van der Waals surface area contributed by atoms with Crippen LogP contribution in [0, 0.1) is 0 Å². The third-order valence-corrected chi connectivity index (χ3v) is 1.16. The van der Waals surface area contributed by atoms with Crippen molar-refractivity contribution in [2.45, 2.75) is 13.2 Å². The van der Waals surface area contributed by atoms with Gasteiger partial charge in [0.1, 0.15) is 0 Å². The van der Waals surface area contributed by atoms with Crippen molar-refractivity contribution in [2.75, 3.05) is 0 Å². The second-order valence-corrected chi connectivity index (χ2v) is 2.06. The van der Waals surface area contributed by atoms with E-state index < -0.39 is 18.4 Å². The van der Waals surface area contributed by atoms with Crippen molar-refractivity contribution in [3.8, 4) is 0 Å². The van der Waals surface area contributed by atoms with Crippen LogP contribution in [0.3, 0.4) is 0 Å². The monoisotopic (exact) mass is 157 g/mol. The molecule has 0 spiro atoms. The smallest absolute Gasteiger partial charge is 0.407 e. The number of amides is 1. The zero-order chi connectivity index (χ0) is 8.43. The number of carbonyl (C=O) groups is 2. The summed E-state index contributed by atoms with van der Waals surface area (Å²) < 4.78 is 8.90. The number of carbonyl (C=O) groups excluding carboxylic acids is 2. The van der Waals surface area contributed by atoms with E-state index in [4.69, 9.17) is 0 Å². The summed E-state index contributed by atoms with van der Waals surface area (Å²) in [6.45, 7) is 1.56. The maximum atomic E-state index is 10.6. The summed E-state index contributed by atoms with van der Waals surface area (Å²) in [5, 5.41) is 0. The van der Waals surface area contributed by atoms with Crippen LogP contribution in [0.4, 0.5) is 4.79 Å². The molecular formula is C6H7NO4. The van der Waals surface area contributed by atoms with Gasteiger partial charge in [-0.25, -0.2) is 9.59 Å². The Morgan fingerprint density at radius 2 is 2.45 bits per heavy atom. The summed E-state index contributed by atoms with van der Waals surface area (Å²) in [6.07, 6.45) is -0.527. The second kappa shape index (κ2) is 2.61. The lowest BCUT2D eigenvalue weighted by molar-refractivity contribution is -0.151. The number of cyclic esters (lactones) is 1. The van der Waals surface area contributed by atoms with E-state index in [0.717, 1.165) is 0 Å². The topological polar surface area (TPSA) is 78.6 Å². The molecule has 1 aliphatic heterocycles. The highest BCUT2D eigenvalue weighted by molar-refractivity contribution is 5.90. The number of rotatable bonds is 1. The number of hydrogen-bond acceptors (Lipinski definition) is 4. The highest BCUT2D eigenvalue weighted by atomic mass is 16.7. The average molecular weight is 157 g/mol. The molecule has 0 fully saturated rings. The number of ether oxygens (including phenoxy) is 2. The molecule has 1 heterocycles. The molecule has 0 saturated carbocycles. The van der Waals surface area contributed by atoms with Gasteiger partial charge in [-0.15, -0.1) is 0 Å².